The summed E-state index contributed by atoms with van der Waals surface area (Å²) in [6.45, 7) is 4.90. The lowest BCUT2D eigenvalue weighted by atomic mass is 9.85. The molecule has 0 spiro atoms. The molecule has 1 fully saturated rings. The Morgan fingerprint density at radius 2 is 2.05 bits per heavy atom. The summed E-state index contributed by atoms with van der Waals surface area (Å²) in [5, 5.41) is 0. The fourth-order valence-corrected chi connectivity index (χ4v) is 4.15. The molecule has 1 aliphatic heterocycles. The van der Waals surface area contributed by atoms with Crippen LogP contribution in [0.2, 0.25) is 0 Å². The summed E-state index contributed by atoms with van der Waals surface area (Å²) in [5.41, 5.74) is 5.59. The van der Waals surface area contributed by atoms with Gasteiger partial charge in [0.25, 0.3) is 0 Å². The summed E-state index contributed by atoms with van der Waals surface area (Å²) >= 11 is 0. The van der Waals surface area contributed by atoms with Crippen molar-refractivity contribution in [2.45, 2.75) is 31.6 Å². The second-order valence-electron chi connectivity index (χ2n) is 5.80. The molecule has 0 unspecified atom stereocenters. The third-order valence-corrected chi connectivity index (χ3v) is 5.32. The van der Waals surface area contributed by atoms with Gasteiger partial charge in [-0.05, 0) is 36.5 Å². The monoisotopic (exact) mass is 286 g/mol. The van der Waals surface area contributed by atoms with Gasteiger partial charge >= 0.3 is 0 Å². The topological polar surface area (TPSA) is 63.4 Å². The van der Waals surface area contributed by atoms with E-state index in [1.165, 1.54) is 16.4 Å². The zero-order valence-corrected chi connectivity index (χ0v) is 12.0. The Balaban J connectivity index is 2.37. The molecule has 0 aromatic heterocycles. The Bertz CT molecular complexity index is 584. The van der Waals surface area contributed by atoms with Crippen molar-refractivity contribution in [3.8, 4) is 0 Å². The van der Waals surface area contributed by atoms with E-state index >= 15 is 0 Å². The maximum absolute atomic E-state index is 13.8. The lowest BCUT2D eigenvalue weighted by Gasteiger charge is -2.37. The molecule has 0 radical (unpaired) electrons. The number of nitrogen functional groups attached to an aromatic ring is 1. The van der Waals surface area contributed by atoms with Crippen molar-refractivity contribution >= 4 is 15.7 Å². The second-order valence-corrected chi connectivity index (χ2v) is 7.70. The lowest BCUT2D eigenvalue weighted by molar-refractivity contribution is 0.186. The van der Waals surface area contributed by atoms with Crippen LogP contribution in [0.25, 0.3) is 0 Å². The number of piperidine rings is 1. The van der Waals surface area contributed by atoms with E-state index in [2.05, 4.69) is 0 Å². The maximum atomic E-state index is 13.8. The fourth-order valence-electron chi connectivity index (χ4n) is 2.44. The van der Waals surface area contributed by atoms with Gasteiger partial charge in [0.1, 0.15) is 10.7 Å². The van der Waals surface area contributed by atoms with Gasteiger partial charge in [-0.1, -0.05) is 13.8 Å². The van der Waals surface area contributed by atoms with E-state index in [1.807, 2.05) is 13.8 Å². The average molecular weight is 286 g/mol. The average Bonchev–Trinajstić information content (AvgIpc) is 2.27. The van der Waals surface area contributed by atoms with Gasteiger partial charge in [0.05, 0.1) is 0 Å². The first kappa shape index (κ1) is 14.3. The number of hydrogen-bond donors (Lipinski definition) is 1. The van der Waals surface area contributed by atoms with Crippen molar-refractivity contribution in [1.29, 1.82) is 0 Å². The molecule has 0 bridgehead atoms. The summed E-state index contributed by atoms with van der Waals surface area (Å²) < 4.78 is 40.1. The summed E-state index contributed by atoms with van der Waals surface area (Å²) in [5.74, 6) is -0.789. The van der Waals surface area contributed by atoms with Gasteiger partial charge in [0.2, 0.25) is 10.0 Å². The number of hydrogen-bond acceptors (Lipinski definition) is 3. The van der Waals surface area contributed by atoms with Crippen LogP contribution in [0.5, 0.6) is 0 Å². The minimum absolute atomic E-state index is 0.0738. The Morgan fingerprint density at radius 1 is 1.37 bits per heavy atom. The number of halogens is 1. The second kappa shape index (κ2) is 4.76. The molecule has 1 aliphatic rings. The first-order valence-corrected chi connectivity index (χ1v) is 7.72. The molecular formula is C13H19FN2O2S. The van der Waals surface area contributed by atoms with E-state index < -0.39 is 15.8 Å². The Labute approximate surface area is 113 Å². The molecule has 1 heterocycles. The van der Waals surface area contributed by atoms with Crippen molar-refractivity contribution < 1.29 is 12.8 Å². The van der Waals surface area contributed by atoms with Crippen molar-refractivity contribution in [2.75, 3.05) is 18.8 Å². The van der Waals surface area contributed by atoms with Crippen LogP contribution in [-0.4, -0.2) is 25.8 Å². The molecule has 0 atom stereocenters. The van der Waals surface area contributed by atoms with E-state index in [1.54, 1.807) is 0 Å². The number of benzene rings is 1. The van der Waals surface area contributed by atoms with E-state index in [4.69, 9.17) is 5.73 Å². The molecule has 0 amide bonds. The molecule has 0 aliphatic carbocycles. The zero-order valence-electron chi connectivity index (χ0n) is 11.2. The van der Waals surface area contributed by atoms with Gasteiger partial charge < -0.3 is 5.73 Å². The highest BCUT2D eigenvalue weighted by atomic mass is 32.2. The number of nitrogens with zero attached hydrogens (tertiary/aromatic N) is 1. The van der Waals surface area contributed by atoms with Gasteiger partial charge in [-0.2, -0.15) is 4.31 Å². The summed E-state index contributed by atoms with van der Waals surface area (Å²) in [7, 11) is -3.78. The Kier molecular flexibility index (Phi) is 3.57. The Morgan fingerprint density at radius 3 is 2.63 bits per heavy atom. The van der Waals surface area contributed by atoms with Crippen molar-refractivity contribution in [2.24, 2.45) is 5.41 Å². The van der Waals surface area contributed by atoms with Gasteiger partial charge in [0.15, 0.2) is 0 Å². The largest absolute Gasteiger partial charge is 0.399 e. The fraction of sp³-hybridized carbons (Fsp3) is 0.538. The van der Waals surface area contributed by atoms with Crippen LogP contribution < -0.4 is 5.73 Å². The van der Waals surface area contributed by atoms with Gasteiger partial charge in [-0.3, -0.25) is 0 Å². The summed E-state index contributed by atoms with van der Waals surface area (Å²) in [6.07, 6.45) is 1.77. The first-order chi connectivity index (χ1) is 8.72. The molecule has 1 aromatic rings. The van der Waals surface area contributed by atoms with Gasteiger partial charge in [-0.25, -0.2) is 12.8 Å². The standard InChI is InChI=1S/C13H19FN2O2S/c1-13(2)6-3-7-16(9-13)19(17,18)12-5-4-10(15)8-11(12)14/h4-5,8H,3,6-7,9,15H2,1-2H3. The van der Waals surface area contributed by atoms with Crippen molar-refractivity contribution in [1.82, 2.24) is 4.31 Å². The number of nitrogens with two attached hydrogens (primary N) is 1. The third kappa shape index (κ3) is 2.90. The van der Waals surface area contributed by atoms with E-state index in [0.717, 1.165) is 18.9 Å². The molecule has 6 heteroatoms. The van der Waals surface area contributed by atoms with E-state index in [0.29, 0.717) is 13.1 Å². The SMILES string of the molecule is CC1(C)CCCN(S(=O)(=O)c2ccc(N)cc2F)C1. The van der Waals surface area contributed by atoms with Crippen LogP contribution in [0.3, 0.4) is 0 Å². The number of rotatable bonds is 2. The van der Waals surface area contributed by atoms with Gasteiger partial charge in [0, 0.05) is 18.8 Å². The van der Waals surface area contributed by atoms with Crippen LogP contribution in [0.1, 0.15) is 26.7 Å². The molecule has 4 nitrogen and oxygen atoms in total. The molecular weight excluding hydrogens is 267 g/mol. The molecule has 2 rings (SSSR count). The summed E-state index contributed by atoms with van der Waals surface area (Å²) in [6, 6.07) is 3.69. The van der Waals surface area contributed by atoms with Crippen LogP contribution >= 0.6 is 0 Å². The molecule has 0 saturated carbocycles. The summed E-state index contributed by atoms with van der Waals surface area (Å²) in [4.78, 5) is -0.292. The van der Waals surface area contributed by atoms with Crippen LogP contribution in [0.4, 0.5) is 10.1 Å². The lowest BCUT2D eigenvalue weighted by Crippen LogP contribution is -2.43. The van der Waals surface area contributed by atoms with Crippen molar-refractivity contribution in [3.05, 3.63) is 24.0 Å². The first-order valence-electron chi connectivity index (χ1n) is 6.28. The smallest absolute Gasteiger partial charge is 0.246 e. The zero-order chi connectivity index (χ0) is 14.3. The molecule has 1 saturated heterocycles. The van der Waals surface area contributed by atoms with E-state index in [9.17, 15) is 12.8 Å². The predicted octanol–water partition coefficient (Wildman–Crippen LogP) is 2.22. The number of sulfonamides is 1. The van der Waals surface area contributed by atoms with E-state index in [-0.39, 0.29) is 16.0 Å². The van der Waals surface area contributed by atoms with Gasteiger partial charge in [-0.15, -0.1) is 0 Å². The number of anilines is 1. The molecule has 106 valence electrons. The minimum Gasteiger partial charge on any atom is -0.399 e. The molecule has 19 heavy (non-hydrogen) atoms. The van der Waals surface area contributed by atoms with Crippen LogP contribution in [0.15, 0.2) is 23.1 Å². The normalized spacial score (nSPS) is 20.4. The van der Waals surface area contributed by atoms with Crippen molar-refractivity contribution in [3.63, 3.8) is 0 Å². The minimum atomic E-state index is -3.78. The highest BCUT2D eigenvalue weighted by molar-refractivity contribution is 7.89. The third-order valence-electron chi connectivity index (χ3n) is 3.44. The Hall–Kier alpha value is -1.14. The molecule has 2 N–H and O–H groups in total. The quantitative estimate of drug-likeness (QED) is 0.848. The highest BCUT2D eigenvalue weighted by Gasteiger charge is 2.35. The van der Waals surface area contributed by atoms with Crippen LogP contribution in [0, 0.1) is 11.2 Å². The highest BCUT2D eigenvalue weighted by Crippen LogP contribution is 2.32. The molecule has 1 aromatic carbocycles. The van der Waals surface area contributed by atoms with Crippen LogP contribution in [-0.2, 0) is 10.0 Å². The maximum Gasteiger partial charge on any atom is 0.246 e. The predicted molar refractivity (Wildman–Crippen MR) is 72.6 cm³/mol.